The Morgan fingerprint density at radius 1 is 1.37 bits per heavy atom. The van der Waals surface area contributed by atoms with Crippen LogP contribution in [-0.2, 0) is 0 Å². The third-order valence-corrected chi connectivity index (χ3v) is 3.01. The van der Waals surface area contributed by atoms with E-state index in [2.05, 4.69) is 20.9 Å². The number of halogens is 2. The molecule has 0 bridgehead atoms. The number of nitro groups is 1. The van der Waals surface area contributed by atoms with Crippen LogP contribution in [-0.4, -0.2) is 9.91 Å². The van der Waals surface area contributed by atoms with Gasteiger partial charge in [-0.25, -0.2) is 0 Å². The number of nitrogens with two attached hydrogens (primary N) is 1. The van der Waals surface area contributed by atoms with Crippen LogP contribution < -0.4 is 10.5 Å². The zero-order chi connectivity index (χ0) is 14.0. The summed E-state index contributed by atoms with van der Waals surface area (Å²) in [6.45, 7) is 0. The van der Waals surface area contributed by atoms with Gasteiger partial charge in [0.15, 0.2) is 0 Å². The predicted octanol–water partition coefficient (Wildman–Crippen LogP) is 3.78. The first-order valence-electron chi connectivity index (χ1n) is 5.01. The van der Waals surface area contributed by atoms with Crippen LogP contribution in [0.5, 0.6) is 11.6 Å². The lowest BCUT2D eigenvalue weighted by Crippen LogP contribution is -1.99. The van der Waals surface area contributed by atoms with Gasteiger partial charge in [-0.05, 0) is 40.2 Å². The summed E-state index contributed by atoms with van der Waals surface area (Å²) >= 11 is 9.04. The van der Waals surface area contributed by atoms with Gasteiger partial charge in [-0.15, -0.1) is 0 Å². The van der Waals surface area contributed by atoms with Gasteiger partial charge in [-0.2, -0.15) is 4.98 Å². The highest BCUT2D eigenvalue weighted by Gasteiger charge is 2.18. The monoisotopic (exact) mass is 343 g/mol. The predicted molar refractivity (Wildman–Crippen MR) is 74.5 cm³/mol. The van der Waals surface area contributed by atoms with Gasteiger partial charge in [-0.1, -0.05) is 11.6 Å². The number of ether oxygens (including phenoxy) is 1. The van der Waals surface area contributed by atoms with Gasteiger partial charge >= 0.3 is 11.6 Å². The van der Waals surface area contributed by atoms with Crippen LogP contribution in [0.2, 0.25) is 5.02 Å². The summed E-state index contributed by atoms with van der Waals surface area (Å²) in [4.78, 5) is 14.1. The van der Waals surface area contributed by atoms with Crippen molar-refractivity contribution in [3.05, 3.63) is 49.9 Å². The molecule has 2 N–H and O–H groups in total. The standard InChI is InChI=1S/C11H7BrClN3O3/c12-7-5-6(13)1-3-9(7)19-11-8(16(17)18)2-4-10(14)15-11/h1-5H,(H2,14,15). The van der Waals surface area contributed by atoms with Gasteiger partial charge in [0.05, 0.1) is 9.40 Å². The van der Waals surface area contributed by atoms with Gasteiger partial charge in [0, 0.05) is 11.1 Å². The number of nitrogens with zero attached hydrogens (tertiary/aromatic N) is 2. The topological polar surface area (TPSA) is 91.3 Å². The van der Waals surface area contributed by atoms with Crippen LogP contribution in [0.15, 0.2) is 34.8 Å². The van der Waals surface area contributed by atoms with Gasteiger partial charge < -0.3 is 10.5 Å². The molecule has 1 aromatic carbocycles. The number of hydrogen-bond donors (Lipinski definition) is 1. The first-order chi connectivity index (χ1) is 8.97. The van der Waals surface area contributed by atoms with E-state index < -0.39 is 4.92 Å². The average molecular weight is 345 g/mol. The minimum absolute atomic E-state index is 0.130. The number of aromatic nitrogens is 1. The largest absolute Gasteiger partial charge is 0.432 e. The molecule has 0 aliphatic rings. The van der Waals surface area contributed by atoms with E-state index in [1.165, 1.54) is 12.1 Å². The molecule has 2 rings (SSSR count). The molecule has 19 heavy (non-hydrogen) atoms. The summed E-state index contributed by atoms with van der Waals surface area (Å²) in [5, 5.41) is 11.4. The number of benzene rings is 1. The molecule has 0 aliphatic heterocycles. The van der Waals surface area contributed by atoms with Crippen LogP contribution in [0.1, 0.15) is 0 Å². The van der Waals surface area contributed by atoms with Crippen molar-refractivity contribution in [3.8, 4) is 11.6 Å². The Morgan fingerprint density at radius 2 is 2.11 bits per heavy atom. The molecular formula is C11H7BrClN3O3. The molecular weight excluding hydrogens is 337 g/mol. The molecule has 1 aromatic heterocycles. The molecule has 8 heteroatoms. The van der Waals surface area contributed by atoms with Crippen molar-refractivity contribution in [2.75, 3.05) is 5.73 Å². The zero-order valence-electron chi connectivity index (χ0n) is 9.34. The van der Waals surface area contributed by atoms with E-state index >= 15 is 0 Å². The van der Waals surface area contributed by atoms with E-state index in [-0.39, 0.29) is 17.4 Å². The van der Waals surface area contributed by atoms with E-state index in [0.29, 0.717) is 15.2 Å². The Hall–Kier alpha value is -1.86. The third kappa shape index (κ3) is 3.12. The molecule has 0 saturated heterocycles. The summed E-state index contributed by atoms with van der Waals surface area (Å²) in [5.41, 5.74) is 5.23. The Kier molecular flexibility index (Phi) is 3.87. The maximum atomic E-state index is 10.9. The maximum Gasteiger partial charge on any atom is 0.331 e. The first-order valence-corrected chi connectivity index (χ1v) is 6.18. The SMILES string of the molecule is Nc1ccc([N+](=O)[O-])c(Oc2ccc(Cl)cc2Br)n1. The third-order valence-electron chi connectivity index (χ3n) is 2.16. The molecule has 0 saturated carbocycles. The van der Waals surface area contributed by atoms with E-state index in [0.717, 1.165) is 0 Å². The number of hydrogen-bond acceptors (Lipinski definition) is 5. The van der Waals surface area contributed by atoms with Crippen molar-refractivity contribution in [2.45, 2.75) is 0 Å². The molecule has 0 fully saturated rings. The van der Waals surface area contributed by atoms with Crippen molar-refractivity contribution < 1.29 is 9.66 Å². The number of anilines is 1. The summed E-state index contributed by atoms with van der Waals surface area (Å²) in [7, 11) is 0. The second-order valence-electron chi connectivity index (χ2n) is 3.49. The van der Waals surface area contributed by atoms with Gasteiger partial charge in [0.25, 0.3) is 0 Å². The van der Waals surface area contributed by atoms with Crippen LogP contribution in [0.25, 0.3) is 0 Å². The first kappa shape index (κ1) is 13.6. The maximum absolute atomic E-state index is 10.9. The Labute approximate surface area is 121 Å². The van der Waals surface area contributed by atoms with Gasteiger partial charge in [0.1, 0.15) is 11.6 Å². The zero-order valence-corrected chi connectivity index (χ0v) is 11.7. The Bertz CT molecular complexity index is 651. The molecule has 0 atom stereocenters. The lowest BCUT2D eigenvalue weighted by molar-refractivity contribution is -0.386. The van der Waals surface area contributed by atoms with Crippen molar-refractivity contribution in [1.82, 2.24) is 4.98 Å². The lowest BCUT2D eigenvalue weighted by atomic mass is 10.3. The molecule has 0 aliphatic carbocycles. The van der Waals surface area contributed by atoms with E-state index in [1.54, 1.807) is 18.2 Å². The molecule has 98 valence electrons. The highest BCUT2D eigenvalue weighted by atomic mass is 79.9. The molecule has 1 heterocycles. The molecule has 6 nitrogen and oxygen atoms in total. The number of pyridine rings is 1. The molecule has 0 amide bonds. The van der Waals surface area contributed by atoms with Crippen molar-refractivity contribution >= 4 is 39.0 Å². The number of nitrogen functional groups attached to an aromatic ring is 1. The second kappa shape index (κ2) is 5.41. The Balaban J connectivity index is 2.42. The summed E-state index contributed by atoms with van der Waals surface area (Å²) in [5.74, 6) is 0.310. The summed E-state index contributed by atoms with van der Waals surface area (Å²) in [6.07, 6.45) is 0. The normalized spacial score (nSPS) is 10.2. The van der Waals surface area contributed by atoms with E-state index in [1.807, 2.05) is 0 Å². The fourth-order valence-corrected chi connectivity index (χ4v) is 2.09. The van der Waals surface area contributed by atoms with Crippen molar-refractivity contribution in [1.29, 1.82) is 0 Å². The quantitative estimate of drug-likeness (QED) is 0.676. The molecule has 2 aromatic rings. The average Bonchev–Trinajstić information content (AvgIpc) is 2.32. The summed E-state index contributed by atoms with van der Waals surface area (Å²) < 4.78 is 5.95. The van der Waals surface area contributed by atoms with Crippen molar-refractivity contribution in [2.24, 2.45) is 0 Å². The van der Waals surface area contributed by atoms with E-state index in [4.69, 9.17) is 22.1 Å². The molecule has 0 radical (unpaired) electrons. The Morgan fingerprint density at radius 3 is 2.74 bits per heavy atom. The lowest BCUT2D eigenvalue weighted by Gasteiger charge is -2.07. The smallest absolute Gasteiger partial charge is 0.331 e. The summed E-state index contributed by atoms with van der Waals surface area (Å²) in [6, 6.07) is 7.35. The fraction of sp³-hybridized carbons (Fsp3) is 0. The number of rotatable bonds is 3. The highest BCUT2D eigenvalue weighted by molar-refractivity contribution is 9.10. The van der Waals surface area contributed by atoms with E-state index in [9.17, 15) is 10.1 Å². The van der Waals surface area contributed by atoms with Crippen molar-refractivity contribution in [3.63, 3.8) is 0 Å². The minimum atomic E-state index is -0.592. The van der Waals surface area contributed by atoms with Crippen LogP contribution >= 0.6 is 27.5 Å². The second-order valence-corrected chi connectivity index (χ2v) is 4.79. The van der Waals surface area contributed by atoms with Crippen LogP contribution in [0, 0.1) is 10.1 Å². The van der Waals surface area contributed by atoms with Gasteiger partial charge in [-0.3, -0.25) is 10.1 Å². The van der Waals surface area contributed by atoms with Crippen LogP contribution in [0.3, 0.4) is 0 Å². The van der Waals surface area contributed by atoms with Gasteiger partial charge in [0.2, 0.25) is 0 Å². The highest BCUT2D eigenvalue weighted by Crippen LogP contribution is 2.35. The van der Waals surface area contributed by atoms with Crippen LogP contribution in [0.4, 0.5) is 11.5 Å². The molecule has 0 unspecified atom stereocenters. The fourth-order valence-electron chi connectivity index (χ4n) is 1.32. The molecule has 0 spiro atoms. The minimum Gasteiger partial charge on any atom is -0.432 e.